The van der Waals surface area contributed by atoms with Crippen LogP contribution in [-0.2, 0) is 6.42 Å². The van der Waals surface area contributed by atoms with Gasteiger partial charge in [-0.05, 0) is 37.1 Å². The van der Waals surface area contributed by atoms with Gasteiger partial charge in [-0.25, -0.2) is 9.78 Å². The molecule has 5 heteroatoms. The number of nitrogens with zero attached hydrogens (tertiary/aromatic N) is 1. The molecule has 2 aromatic rings. The van der Waals surface area contributed by atoms with Crippen molar-refractivity contribution in [2.24, 2.45) is 0 Å². The lowest BCUT2D eigenvalue weighted by molar-refractivity contribution is 0.0662. The Balaban J connectivity index is 2.54. The van der Waals surface area contributed by atoms with E-state index in [2.05, 4.69) is 20.9 Å². The SMILES string of the molecule is CCc1nc(-c2cc(C)cc(Br)c2)oc1C(=O)O. The molecule has 0 radical (unpaired) electrons. The molecule has 0 atom stereocenters. The van der Waals surface area contributed by atoms with E-state index in [1.54, 1.807) is 0 Å². The lowest BCUT2D eigenvalue weighted by atomic mass is 10.1. The summed E-state index contributed by atoms with van der Waals surface area (Å²) < 4.78 is 6.24. The van der Waals surface area contributed by atoms with Gasteiger partial charge in [-0.3, -0.25) is 0 Å². The first-order valence-electron chi connectivity index (χ1n) is 5.51. The van der Waals surface area contributed by atoms with Gasteiger partial charge in [-0.1, -0.05) is 22.9 Å². The lowest BCUT2D eigenvalue weighted by Gasteiger charge is -1.99. The van der Waals surface area contributed by atoms with Gasteiger partial charge >= 0.3 is 5.97 Å². The number of carbonyl (C=O) groups is 1. The van der Waals surface area contributed by atoms with Crippen molar-refractivity contribution in [3.63, 3.8) is 0 Å². The van der Waals surface area contributed by atoms with Crippen LogP contribution in [0.1, 0.15) is 28.7 Å². The van der Waals surface area contributed by atoms with Gasteiger partial charge in [-0.15, -0.1) is 0 Å². The smallest absolute Gasteiger partial charge is 0.373 e. The van der Waals surface area contributed by atoms with Crippen LogP contribution in [0.5, 0.6) is 0 Å². The Morgan fingerprint density at radius 1 is 1.44 bits per heavy atom. The molecule has 18 heavy (non-hydrogen) atoms. The molecule has 0 fully saturated rings. The third kappa shape index (κ3) is 2.46. The number of rotatable bonds is 3. The summed E-state index contributed by atoms with van der Waals surface area (Å²) in [5.41, 5.74) is 2.28. The highest BCUT2D eigenvalue weighted by Gasteiger charge is 2.19. The van der Waals surface area contributed by atoms with Crippen molar-refractivity contribution in [2.75, 3.05) is 0 Å². The van der Waals surface area contributed by atoms with E-state index in [1.165, 1.54) is 0 Å². The Hall–Kier alpha value is -1.62. The van der Waals surface area contributed by atoms with E-state index < -0.39 is 5.97 Å². The molecule has 4 nitrogen and oxygen atoms in total. The van der Waals surface area contributed by atoms with E-state index in [0.717, 1.165) is 15.6 Å². The molecule has 1 N–H and O–H groups in total. The standard InChI is InChI=1S/C13H12BrNO3/c1-3-10-11(13(16)17)18-12(15-10)8-4-7(2)5-9(14)6-8/h4-6H,3H2,1-2H3,(H,16,17). The van der Waals surface area contributed by atoms with Crippen molar-refractivity contribution in [1.82, 2.24) is 4.98 Å². The molecule has 0 unspecified atom stereocenters. The summed E-state index contributed by atoms with van der Waals surface area (Å²) in [6.45, 7) is 3.80. The summed E-state index contributed by atoms with van der Waals surface area (Å²) in [4.78, 5) is 15.3. The summed E-state index contributed by atoms with van der Waals surface area (Å²) in [6, 6.07) is 5.72. The summed E-state index contributed by atoms with van der Waals surface area (Å²) in [5, 5.41) is 9.02. The molecule has 0 saturated carbocycles. The fourth-order valence-corrected chi connectivity index (χ4v) is 2.35. The average molecular weight is 310 g/mol. The van der Waals surface area contributed by atoms with Crippen LogP contribution in [0, 0.1) is 6.92 Å². The van der Waals surface area contributed by atoms with Crippen molar-refractivity contribution in [2.45, 2.75) is 20.3 Å². The van der Waals surface area contributed by atoms with E-state index in [1.807, 2.05) is 32.0 Å². The maximum Gasteiger partial charge on any atom is 0.373 e. The van der Waals surface area contributed by atoms with Crippen molar-refractivity contribution in [3.8, 4) is 11.5 Å². The minimum absolute atomic E-state index is 0.0786. The third-order valence-corrected chi connectivity index (χ3v) is 2.97. The number of halogens is 1. The molecule has 1 heterocycles. The zero-order chi connectivity index (χ0) is 13.3. The van der Waals surface area contributed by atoms with Crippen LogP contribution in [0.25, 0.3) is 11.5 Å². The molecule has 0 bridgehead atoms. The normalized spacial score (nSPS) is 10.6. The molecule has 2 rings (SSSR count). The zero-order valence-electron chi connectivity index (χ0n) is 10.0. The fraction of sp³-hybridized carbons (Fsp3) is 0.231. The van der Waals surface area contributed by atoms with Gasteiger partial charge in [0.2, 0.25) is 11.7 Å². The van der Waals surface area contributed by atoms with Gasteiger partial charge in [0.1, 0.15) is 0 Å². The van der Waals surface area contributed by atoms with Crippen LogP contribution in [-0.4, -0.2) is 16.1 Å². The maximum atomic E-state index is 11.0. The van der Waals surface area contributed by atoms with Gasteiger partial charge in [-0.2, -0.15) is 0 Å². The second-order valence-corrected chi connectivity index (χ2v) is 4.89. The van der Waals surface area contributed by atoms with Crippen LogP contribution in [0.2, 0.25) is 0 Å². The van der Waals surface area contributed by atoms with Gasteiger partial charge in [0.15, 0.2) is 0 Å². The number of oxazole rings is 1. The number of hydrogen-bond donors (Lipinski definition) is 1. The van der Waals surface area contributed by atoms with E-state index in [0.29, 0.717) is 18.0 Å². The summed E-state index contributed by atoms with van der Waals surface area (Å²) in [5.74, 6) is -0.823. The van der Waals surface area contributed by atoms with Crippen molar-refractivity contribution in [1.29, 1.82) is 0 Å². The second kappa shape index (κ2) is 4.94. The Labute approximate surface area is 113 Å². The van der Waals surface area contributed by atoms with Crippen molar-refractivity contribution >= 4 is 21.9 Å². The van der Waals surface area contributed by atoms with Crippen molar-refractivity contribution in [3.05, 3.63) is 39.7 Å². The maximum absolute atomic E-state index is 11.0. The summed E-state index contributed by atoms with van der Waals surface area (Å²) in [7, 11) is 0. The molecule has 1 aromatic carbocycles. The molecule has 0 spiro atoms. The van der Waals surface area contributed by atoms with Gasteiger partial charge in [0.25, 0.3) is 0 Å². The number of benzene rings is 1. The number of carboxylic acid groups (broad SMARTS) is 1. The van der Waals surface area contributed by atoms with Crippen LogP contribution >= 0.6 is 15.9 Å². The number of carboxylic acids is 1. The largest absolute Gasteiger partial charge is 0.475 e. The van der Waals surface area contributed by atoms with E-state index in [-0.39, 0.29) is 5.76 Å². The fourth-order valence-electron chi connectivity index (χ4n) is 1.74. The Morgan fingerprint density at radius 3 is 2.67 bits per heavy atom. The molecule has 0 aliphatic heterocycles. The molecular weight excluding hydrogens is 298 g/mol. The minimum atomic E-state index is -1.09. The van der Waals surface area contributed by atoms with Gasteiger partial charge in [0.05, 0.1) is 5.69 Å². The molecule has 0 amide bonds. The molecule has 94 valence electrons. The Kier molecular flexibility index (Phi) is 3.52. The van der Waals surface area contributed by atoms with E-state index >= 15 is 0 Å². The number of aryl methyl sites for hydroxylation is 2. The second-order valence-electron chi connectivity index (χ2n) is 3.97. The topological polar surface area (TPSA) is 63.3 Å². The van der Waals surface area contributed by atoms with Gasteiger partial charge in [0, 0.05) is 10.0 Å². The molecule has 0 aliphatic rings. The summed E-state index contributed by atoms with van der Waals surface area (Å²) >= 11 is 3.40. The van der Waals surface area contributed by atoms with Crippen LogP contribution in [0.15, 0.2) is 27.1 Å². The van der Waals surface area contributed by atoms with Crippen LogP contribution < -0.4 is 0 Å². The highest BCUT2D eigenvalue weighted by molar-refractivity contribution is 9.10. The third-order valence-electron chi connectivity index (χ3n) is 2.52. The van der Waals surface area contributed by atoms with Crippen molar-refractivity contribution < 1.29 is 14.3 Å². The van der Waals surface area contributed by atoms with E-state index in [9.17, 15) is 4.79 Å². The highest BCUT2D eigenvalue weighted by Crippen LogP contribution is 2.26. The van der Waals surface area contributed by atoms with Crippen LogP contribution in [0.4, 0.5) is 0 Å². The molecule has 0 aliphatic carbocycles. The lowest BCUT2D eigenvalue weighted by Crippen LogP contribution is -1.98. The average Bonchev–Trinajstić information content (AvgIpc) is 2.71. The highest BCUT2D eigenvalue weighted by atomic mass is 79.9. The Morgan fingerprint density at radius 2 is 2.17 bits per heavy atom. The molecule has 1 aromatic heterocycles. The first kappa shape index (κ1) is 12.8. The Bertz CT molecular complexity index is 584. The number of hydrogen-bond acceptors (Lipinski definition) is 3. The number of aromatic nitrogens is 1. The molecule has 0 saturated heterocycles. The number of aromatic carboxylic acids is 1. The zero-order valence-corrected chi connectivity index (χ0v) is 11.6. The van der Waals surface area contributed by atoms with Gasteiger partial charge < -0.3 is 9.52 Å². The van der Waals surface area contributed by atoms with E-state index in [4.69, 9.17) is 9.52 Å². The first-order valence-corrected chi connectivity index (χ1v) is 6.31. The monoisotopic (exact) mass is 309 g/mol. The predicted octanol–water partition coefficient (Wildman–Crippen LogP) is 3.67. The van der Waals surface area contributed by atoms with Crippen LogP contribution in [0.3, 0.4) is 0 Å². The first-order chi connectivity index (χ1) is 8.51. The predicted molar refractivity (Wildman–Crippen MR) is 70.7 cm³/mol. The minimum Gasteiger partial charge on any atom is -0.475 e. The quantitative estimate of drug-likeness (QED) is 0.939. The summed E-state index contributed by atoms with van der Waals surface area (Å²) in [6.07, 6.45) is 0.526. The molecular formula is C13H12BrNO3.